The van der Waals surface area contributed by atoms with Gasteiger partial charge in [0.15, 0.2) is 0 Å². The van der Waals surface area contributed by atoms with Crippen molar-refractivity contribution >= 4 is 29.4 Å². The van der Waals surface area contributed by atoms with Crippen LogP contribution in [-0.4, -0.2) is 22.2 Å². The van der Waals surface area contributed by atoms with Gasteiger partial charge in [0.25, 0.3) is 0 Å². The van der Waals surface area contributed by atoms with Crippen molar-refractivity contribution in [3.8, 4) is 22.6 Å². The van der Waals surface area contributed by atoms with Crippen molar-refractivity contribution in [3.63, 3.8) is 0 Å². The fourth-order valence-corrected chi connectivity index (χ4v) is 6.35. The van der Waals surface area contributed by atoms with Gasteiger partial charge in [0.2, 0.25) is 0 Å². The van der Waals surface area contributed by atoms with Crippen LogP contribution >= 0.6 is 0 Å². The molecule has 0 saturated heterocycles. The van der Waals surface area contributed by atoms with Crippen molar-refractivity contribution in [1.29, 1.82) is 0 Å². The quantitative estimate of drug-likeness (QED) is 0.185. The SMILES string of the molecule is C1=CC2c3ccccc3N(c3cccc(-c4cccc(-c5ccc(C=C(c6ccccc6)c6ccccc6)cc5)n4)n3)C2C=N1. The van der Waals surface area contributed by atoms with Gasteiger partial charge < -0.3 is 4.90 Å². The molecule has 2 atom stereocenters. The van der Waals surface area contributed by atoms with Crippen LogP contribution in [0.25, 0.3) is 34.3 Å². The summed E-state index contributed by atoms with van der Waals surface area (Å²) in [6.45, 7) is 0. The van der Waals surface area contributed by atoms with E-state index < -0.39 is 0 Å². The molecule has 45 heavy (non-hydrogen) atoms. The second-order valence-electron chi connectivity index (χ2n) is 11.3. The highest BCUT2D eigenvalue weighted by Crippen LogP contribution is 2.45. The third-order valence-electron chi connectivity index (χ3n) is 8.52. The average Bonchev–Trinajstić information content (AvgIpc) is 3.46. The first-order chi connectivity index (χ1) is 22.3. The maximum absolute atomic E-state index is 5.12. The van der Waals surface area contributed by atoms with E-state index in [1.807, 2.05) is 24.5 Å². The number of nitrogens with zero attached hydrogens (tertiary/aromatic N) is 4. The fraction of sp³-hybridized carbons (Fsp3) is 0.0488. The molecule has 2 unspecified atom stereocenters. The molecule has 8 rings (SSSR count). The zero-order chi connectivity index (χ0) is 30.0. The molecule has 4 aromatic carbocycles. The third kappa shape index (κ3) is 5.17. The van der Waals surface area contributed by atoms with E-state index in [4.69, 9.17) is 9.97 Å². The Morgan fingerprint density at radius 2 is 1.22 bits per heavy atom. The lowest BCUT2D eigenvalue weighted by molar-refractivity contribution is 0.780. The number of aromatic nitrogens is 2. The van der Waals surface area contributed by atoms with Crippen LogP contribution in [0.15, 0.2) is 163 Å². The Balaban J connectivity index is 1.10. The Labute approximate surface area is 263 Å². The molecule has 4 heteroatoms. The molecular weight excluding hydrogens is 548 g/mol. The number of anilines is 2. The van der Waals surface area contributed by atoms with Gasteiger partial charge >= 0.3 is 0 Å². The molecule has 2 aromatic heterocycles. The summed E-state index contributed by atoms with van der Waals surface area (Å²) in [6.07, 6.45) is 8.36. The lowest BCUT2D eigenvalue weighted by Crippen LogP contribution is -2.32. The summed E-state index contributed by atoms with van der Waals surface area (Å²) >= 11 is 0. The topological polar surface area (TPSA) is 41.4 Å². The molecule has 2 aliphatic heterocycles. The fourth-order valence-electron chi connectivity index (χ4n) is 6.35. The highest BCUT2D eigenvalue weighted by atomic mass is 15.2. The summed E-state index contributed by atoms with van der Waals surface area (Å²) in [7, 11) is 0. The Hall–Kier alpha value is -5.87. The Kier molecular flexibility index (Phi) is 6.93. The van der Waals surface area contributed by atoms with Gasteiger partial charge in [0.1, 0.15) is 5.82 Å². The van der Waals surface area contributed by atoms with Crippen LogP contribution in [0.2, 0.25) is 0 Å². The van der Waals surface area contributed by atoms with Gasteiger partial charge in [-0.05, 0) is 64.2 Å². The molecule has 4 nitrogen and oxygen atoms in total. The number of rotatable bonds is 6. The zero-order valence-corrected chi connectivity index (χ0v) is 24.6. The predicted octanol–water partition coefficient (Wildman–Crippen LogP) is 9.60. The smallest absolute Gasteiger partial charge is 0.134 e. The summed E-state index contributed by atoms with van der Waals surface area (Å²) in [5.74, 6) is 1.16. The maximum Gasteiger partial charge on any atom is 0.134 e. The van der Waals surface area contributed by atoms with Crippen molar-refractivity contribution in [2.24, 2.45) is 4.99 Å². The van der Waals surface area contributed by atoms with E-state index in [2.05, 4.69) is 156 Å². The molecule has 0 aliphatic carbocycles. The van der Waals surface area contributed by atoms with E-state index in [-0.39, 0.29) is 12.0 Å². The van der Waals surface area contributed by atoms with Crippen LogP contribution < -0.4 is 4.90 Å². The number of aliphatic imine (C=N–C) groups is 1. The van der Waals surface area contributed by atoms with Crippen molar-refractivity contribution < 1.29 is 0 Å². The van der Waals surface area contributed by atoms with Gasteiger partial charge in [-0.2, -0.15) is 0 Å². The minimum atomic E-state index is 0.103. The van der Waals surface area contributed by atoms with Gasteiger partial charge in [-0.3, -0.25) is 4.99 Å². The van der Waals surface area contributed by atoms with Gasteiger partial charge in [-0.1, -0.05) is 121 Å². The van der Waals surface area contributed by atoms with Gasteiger partial charge in [0.05, 0.1) is 23.1 Å². The molecule has 0 spiro atoms. The Bertz CT molecular complexity index is 2020. The standard InChI is InChI=1S/C41H30N4/c1-3-11-30(12-4-1)35(31-13-5-2-6-14-31)27-29-21-23-32(24-22-29)36-16-9-17-37(43-36)38-18-10-20-41(44-38)45-39-19-8-7-15-33(39)34-25-26-42-28-40(34)45/h1-28,34,40H. The van der Waals surface area contributed by atoms with Gasteiger partial charge in [-0.25, -0.2) is 9.97 Å². The Morgan fingerprint density at radius 1 is 0.578 bits per heavy atom. The maximum atomic E-state index is 5.12. The van der Waals surface area contributed by atoms with E-state index in [1.165, 1.54) is 28.0 Å². The van der Waals surface area contributed by atoms with Gasteiger partial charge in [-0.15, -0.1) is 0 Å². The van der Waals surface area contributed by atoms with Crippen molar-refractivity contribution in [3.05, 3.63) is 180 Å². The normalized spacial score (nSPS) is 16.2. The second kappa shape index (κ2) is 11.7. The monoisotopic (exact) mass is 578 g/mol. The first-order valence-corrected chi connectivity index (χ1v) is 15.3. The summed E-state index contributed by atoms with van der Waals surface area (Å²) < 4.78 is 0. The minimum absolute atomic E-state index is 0.103. The van der Waals surface area contributed by atoms with Crippen LogP contribution in [-0.2, 0) is 0 Å². The van der Waals surface area contributed by atoms with Gasteiger partial charge in [0, 0.05) is 29.6 Å². The number of pyridine rings is 2. The molecule has 0 N–H and O–H groups in total. The largest absolute Gasteiger partial charge is 0.317 e. The van der Waals surface area contributed by atoms with Crippen molar-refractivity contribution in [2.45, 2.75) is 12.0 Å². The summed E-state index contributed by atoms with van der Waals surface area (Å²) in [5, 5.41) is 0. The van der Waals surface area contributed by atoms with E-state index in [1.54, 1.807) is 0 Å². The zero-order valence-electron chi connectivity index (χ0n) is 24.6. The molecule has 0 amide bonds. The van der Waals surface area contributed by atoms with E-state index in [9.17, 15) is 0 Å². The Morgan fingerprint density at radius 3 is 1.98 bits per heavy atom. The highest BCUT2D eigenvalue weighted by molar-refractivity contribution is 5.91. The van der Waals surface area contributed by atoms with Crippen LogP contribution in [0.4, 0.5) is 11.5 Å². The molecule has 4 heterocycles. The highest BCUT2D eigenvalue weighted by Gasteiger charge is 2.38. The molecule has 0 radical (unpaired) electrons. The number of hydrogen-bond acceptors (Lipinski definition) is 4. The number of benzene rings is 4. The summed E-state index contributed by atoms with van der Waals surface area (Å²) in [6, 6.07) is 50.7. The molecular formula is C41H30N4. The first kappa shape index (κ1) is 26.7. The van der Waals surface area contributed by atoms with Crippen molar-refractivity contribution in [2.75, 3.05) is 4.90 Å². The molecule has 214 valence electrons. The number of fused-ring (bicyclic) bond motifs is 3. The minimum Gasteiger partial charge on any atom is -0.317 e. The first-order valence-electron chi connectivity index (χ1n) is 15.3. The van der Waals surface area contributed by atoms with E-state index in [0.717, 1.165) is 34.0 Å². The number of hydrogen-bond donors (Lipinski definition) is 0. The van der Waals surface area contributed by atoms with Crippen LogP contribution in [0.3, 0.4) is 0 Å². The van der Waals surface area contributed by atoms with E-state index in [0.29, 0.717) is 0 Å². The molecule has 2 aliphatic rings. The predicted molar refractivity (Wildman–Crippen MR) is 186 cm³/mol. The van der Waals surface area contributed by atoms with Crippen molar-refractivity contribution in [1.82, 2.24) is 9.97 Å². The second-order valence-corrected chi connectivity index (χ2v) is 11.3. The van der Waals surface area contributed by atoms with E-state index >= 15 is 0 Å². The van der Waals surface area contributed by atoms with Crippen LogP contribution in [0, 0.1) is 0 Å². The molecule has 0 bridgehead atoms. The lowest BCUT2D eigenvalue weighted by atomic mass is 9.94. The summed E-state index contributed by atoms with van der Waals surface area (Å²) in [4.78, 5) is 16.9. The lowest BCUT2D eigenvalue weighted by Gasteiger charge is -2.27. The third-order valence-corrected chi connectivity index (χ3v) is 8.52. The van der Waals surface area contributed by atoms with Crippen LogP contribution in [0.5, 0.6) is 0 Å². The average molecular weight is 579 g/mol. The number of para-hydroxylation sites is 1. The molecule has 0 saturated carbocycles. The summed E-state index contributed by atoms with van der Waals surface area (Å²) in [5.41, 5.74) is 10.8. The molecule has 6 aromatic rings. The molecule has 0 fully saturated rings. The van der Waals surface area contributed by atoms with Crippen LogP contribution in [0.1, 0.15) is 28.2 Å².